The van der Waals surface area contributed by atoms with Gasteiger partial charge in [0, 0.05) is 6.08 Å². The molecule has 2 heteroatoms. The predicted octanol–water partition coefficient (Wildman–Crippen LogP) is 3.36. The third kappa shape index (κ3) is 1.72. The third-order valence-corrected chi connectivity index (χ3v) is 3.29. The van der Waals surface area contributed by atoms with Gasteiger partial charge in [-0.3, -0.25) is 0 Å². The number of carboxylic acid groups (broad SMARTS) is 1. The van der Waals surface area contributed by atoms with Crippen LogP contribution in [0.4, 0.5) is 0 Å². The number of benzene rings is 2. The molecule has 0 aromatic heterocycles. The van der Waals surface area contributed by atoms with E-state index in [-0.39, 0.29) is 0 Å². The standard InChI is InChI=1S/C16H12O2/c17-16(18)9-8-11-5-3-7-14-13-6-2-1-4-12(13)10-15(11)14/h1-9H,10H2,(H,17,18). The van der Waals surface area contributed by atoms with E-state index in [1.165, 1.54) is 28.3 Å². The number of carboxylic acids is 1. The Bertz CT molecular complexity index is 654. The maximum atomic E-state index is 10.6. The summed E-state index contributed by atoms with van der Waals surface area (Å²) >= 11 is 0. The van der Waals surface area contributed by atoms with E-state index in [0.29, 0.717) is 0 Å². The Hall–Kier alpha value is -2.35. The SMILES string of the molecule is O=C(O)C=Cc1cccc2c1Cc1ccccc1-2. The molecule has 2 nitrogen and oxygen atoms in total. The van der Waals surface area contributed by atoms with E-state index in [4.69, 9.17) is 5.11 Å². The summed E-state index contributed by atoms with van der Waals surface area (Å²) in [4.78, 5) is 10.6. The van der Waals surface area contributed by atoms with Crippen molar-refractivity contribution < 1.29 is 9.90 Å². The van der Waals surface area contributed by atoms with Crippen molar-refractivity contribution in [3.8, 4) is 11.1 Å². The summed E-state index contributed by atoms with van der Waals surface area (Å²) in [5.41, 5.74) is 6.00. The quantitative estimate of drug-likeness (QED) is 0.693. The average Bonchev–Trinajstić information content (AvgIpc) is 2.75. The molecular formula is C16H12O2. The molecule has 0 saturated carbocycles. The molecule has 1 N–H and O–H groups in total. The van der Waals surface area contributed by atoms with Gasteiger partial charge in [0.05, 0.1) is 0 Å². The first-order valence-corrected chi connectivity index (χ1v) is 5.87. The second-order valence-corrected chi connectivity index (χ2v) is 4.38. The highest BCUT2D eigenvalue weighted by Crippen LogP contribution is 2.38. The van der Waals surface area contributed by atoms with Crippen molar-refractivity contribution in [2.75, 3.05) is 0 Å². The van der Waals surface area contributed by atoms with Gasteiger partial charge in [-0.05, 0) is 40.3 Å². The van der Waals surface area contributed by atoms with Crippen LogP contribution in [0.1, 0.15) is 16.7 Å². The van der Waals surface area contributed by atoms with Gasteiger partial charge >= 0.3 is 5.97 Å². The van der Waals surface area contributed by atoms with E-state index in [0.717, 1.165) is 12.0 Å². The van der Waals surface area contributed by atoms with Crippen molar-refractivity contribution >= 4 is 12.0 Å². The van der Waals surface area contributed by atoms with Gasteiger partial charge in [-0.2, -0.15) is 0 Å². The average molecular weight is 236 g/mol. The molecule has 0 bridgehead atoms. The zero-order valence-corrected chi connectivity index (χ0v) is 9.76. The molecule has 88 valence electrons. The topological polar surface area (TPSA) is 37.3 Å². The molecular weight excluding hydrogens is 224 g/mol. The second kappa shape index (κ2) is 4.15. The van der Waals surface area contributed by atoms with Crippen LogP contribution < -0.4 is 0 Å². The van der Waals surface area contributed by atoms with Gasteiger partial charge in [0.1, 0.15) is 0 Å². The first kappa shape index (κ1) is 10.8. The van der Waals surface area contributed by atoms with Crippen molar-refractivity contribution in [3.63, 3.8) is 0 Å². The summed E-state index contributed by atoms with van der Waals surface area (Å²) in [5, 5.41) is 8.71. The molecule has 18 heavy (non-hydrogen) atoms. The third-order valence-electron chi connectivity index (χ3n) is 3.29. The van der Waals surface area contributed by atoms with E-state index in [1.807, 2.05) is 24.3 Å². The maximum absolute atomic E-state index is 10.6. The molecule has 1 aliphatic rings. The molecule has 2 aromatic carbocycles. The Balaban J connectivity index is 2.11. The van der Waals surface area contributed by atoms with E-state index < -0.39 is 5.97 Å². The highest BCUT2D eigenvalue weighted by atomic mass is 16.4. The number of hydrogen-bond donors (Lipinski definition) is 1. The van der Waals surface area contributed by atoms with E-state index in [9.17, 15) is 4.79 Å². The molecule has 0 atom stereocenters. The van der Waals surface area contributed by atoms with Crippen molar-refractivity contribution in [1.82, 2.24) is 0 Å². The lowest BCUT2D eigenvalue weighted by Crippen LogP contribution is -1.89. The van der Waals surface area contributed by atoms with Gasteiger partial charge in [-0.25, -0.2) is 4.79 Å². The van der Waals surface area contributed by atoms with Crippen LogP contribution in [0.15, 0.2) is 48.5 Å². The van der Waals surface area contributed by atoms with Gasteiger partial charge in [0.25, 0.3) is 0 Å². The zero-order chi connectivity index (χ0) is 12.5. The fourth-order valence-corrected chi connectivity index (χ4v) is 2.50. The normalized spacial score (nSPS) is 12.4. The summed E-state index contributed by atoms with van der Waals surface area (Å²) in [6.45, 7) is 0. The molecule has 3 rings (SSSR count). The molecule has 0 aliphatic heterocycles. The van der Waals surface area contributed by atoms with Crippen LogP contribution in [0.25, 0.3) is 17.2 Å². The monoisotopic (exact) mass is 236 g/mol. The van der Waals surface area contributed by atoms with Crippen LogP contribution >= 0.6 is 0 Å². The lowest BCUT2D eigenvalue weighted by atomic mass is 10.0. The summed E-state index contributed by atoms with van der Waals surface area (Å²) < 4.78 is 0. The Morgan fingerprint density at radius 1 is 1.06 bits per heavy atom. The maximum Gasteiger partial charge on any atom is 0.328 e. The Kier molecular flexibility index (Phi) is 2.49. The van der Waals surface area contributed by atoms with Crippen LogP contribution in [-0.4, -0.2) is 11.1 Å². The van der Waals surface area contributed by atoms with Gasteiger partial charge in [-0.1, -0.05) is 42.5 Å². The zero-order valence-electron chi connectivity index (χ0n) is 9.76. The molecule has 0 fully saturated rings. The van der Waals surface area contributed by atoms with Crippen molar-refractivity contribution in [1.29, 1.82) is 0 Å². The highest BCUT2D eigenvalue weighted by molar-refractivity contribution is 5.87. The Morgan fingerprint density at radius 2 is 1.83 bits per heavy atom. The van der Waals surface area contributed by atoms with Gasteiger partial charge in [0.15, 0.2) is 0 Å². The number of carbonyl (C=O) groups is 1. The van der Waals surface area contributed by atoms with Gasteiger partial charge < -0.3 is 5.11 Å². The van der Waals surface area contributed by atoms with Crippen LogP contribution in [0.2, 0.25) is 0 Å². The molecule has 0 unspecified atom stereocenters. The molecule has 0 spiro atoms. The minimum atomic E-state index is -0.914. The molecule has 2 aromatic rings. The molecule has 1 aliphatic carbocycles. The Labute approximate surface area is 105 Å². The first-order valence-electron chi connectivity index (χ1n) is 5.87. The summed E-state index contributed by atoms with van der Waals surface area (Å²) in [5.74, 6) is -0.914. The van der Waals surface area contributed by atoms with E-state index in [2.05, 4.69) is 18.2 Å². The first-order chi connectivity index (χ1) is 8.75. The van der Waals surface area contributed by atoms with Crippen LogP contribution in [0.3, 0.4) is 0 Å². The molecule has 0 saturated heterocycles. The van der Waals surface area contributed by atoms with Gasteiger partial charge in [-0.15, -0.1) is 0 Å². The number of fused-ring (bicyclic) bond motifs is 3. The fourth-order valence-electron chi connectivity index (χ4n) is 2.50. The van der Waals surface area contributed by atoms with Crippen LogP contribution in [0.5, 0.6) is 0 Å². The lowest BCUT2D eigenvalue weighted by molar-refractivity contribution is -0.131. The van der Waals surface area contributed by atoms with Crippen molar-refractivity contribution in [3.05, 3.63) is 65.2 Å². The van der Waals surface area contributed by atoms with E-state index in [1.54, 1.807) is 6.08 Å². The van der Waals surface area contributed by atoms with E-state index >= 15 is 0 Å². The minimum Gasteiger partial charge on any atom is -0.478 e. The summed E-state index contributed by atoms with van der Waals surface area (Å²) in [6, 6.07) is 14.4. The van der Waals surface area contributed by atoms with Crippen molar-refractivity contribution in [2.24, 2.45) is 0 Å². The number of hydrogen-bond acceptors (Lipinski definition) is 1. The largest absolute Gasteiger partial charge is 0.478 e. The number of aliphatic carboxylic acids is 1. The summed E-state index contributed by atoms with van der Waals surface area (Å²) in [6.07, 6.45) is 3.75. The van der Waals surface area contributed by atoms with Gasteiger partial charge in [0.2, 0.25) is 0 Å². The highest BCUT2D eigenvalue weighted by Gasteiger charge is 2.19. The number of rotatable bonds is 2. The predicted molar refractivity (Wildman–Crippen MR) is 71.4 cm³/mol. The smallest absolute Gasteiger partial charge is 0.328 e. The second-order valence-electron chi connectivity index (χ2n) is 4.38. The lowest BCUT2D eigenvalue weighted by Gasteiger charge is -2.03. The molecule has 0 amide bonds. The van der Waals surface area contributed by atoms with Crippen LogP contribution in [0, 0.1) is 0 Å². The van der Waals surface area contributed by atoms with Crippen molar-refractivity contribution in [2.45, 2.75) is 6.42 Å². The molecule has 0 radical (unpaired) electrons. The Morgan fingerprint density at radius 3 is 2.67 bits per heavy atom. The minimum absolute atomic E-state index is 0.881. The fraction of sp³-hybridized carbons (Fsp3) is 0.0625. The molecule has 0 heterocycles. The summed E-state index contributed by atoms with van der Waals surface area (Å²) in [7, 11) is 0. The van der Waals surface area contributed by atoms with Crippen LogP contribution in [-0.2, 0) is 11.2 Å².